The Labute approximate surface area is 132 Å². The second kappa shape index (κ2) is 6.96. The lowest BCUT2D eigenvalue weighted by molar-refractivity contribution is 0.0862. The van der Waals surface area contributed by atoms with E-state index >= 15 is 0 Å². The van der Waals surface area contributed by atoms with Crippen molar-refractivity contribution in [2.24, 2.45) is 0 Å². The Balaban J connectivity index is 2.06. The molecule has 0 saturated heterocycles. The molecule has 0 spiro atoms. The third-order valence-electron chi connectivity index (χ3n) is 3.49. The Morgan fingerprint density at radius 2 is 1.90 bits per heavy atom. The van der Waals surface area contributed by atoms with E-state index in [1.807, 2.05) is 37.1 Å². The van der Waals surface area contributed by atoms with Crippen LogP contribution >= 0.6 is 15.9 Å². The van der Waals surface area contributed by atoms with Crippen molar-refractivity contribution in [2.45, 2.75) is 19.5 Å². The second-order valence-corrected chi connectivity index (χ2v) is 6.01. The molecule has 21 heavy (non-hydrogen) atoms. The molecule has 4 heteroatoms. The summed E-state index contributed by atoms with van der Waals surface area (Å²) in [5.74, 6) is -0.200. The normalized spacial score (nSPS) is 12.4. The molecule has 0 aliphatic rings. The van der Waals surface area contributed by atoms with Crippen LogP contribution in [0.4, 0.5) is 4.39 Å². The maximum Gasteiger partial charge on any atom is 0.179 e. The van der Waals surface area contributed by atoms with E-state index in [0.29, 0.717) is 12.1 Å². The van der Waals surface area contributed by atoms with Crippen molar-refractivity contribution in [2.75, 3.05) is 7.05 Å². The van der Waals surface area contributed by atoms with Gasteiger partial charge in [0.25, 0.3) is 0 Å². The van der Waals surface area contributed by atoms with Gasteiger partial charge in [-0.1, -0.05) is 40.2 Å². The van der Waals surface area contributed by atoms with Crippen molar-refractivity contribution in [1.82, 2.24) is 4.90 Å². The number of likely N-dealkylation sites (N-methyl/N-ethyl adjacent to an activating group) is 1. The monoisotopic (exact) mass is 349 g/mol. The van der Waals surface area contributed by atoms with Gasteiger partial charge in [-0.2, -0.15) is 0 Å². The van der Waals surface area contributed by atoms with Crippen molar-refractivity contribution >= 4 is 21.7 Å². The van der Waals surface area contributed by atoms with Gasteiger partial charge < -0.3 is 0 Å². The van der Waals surface area contributed by atoms with Gasteiger partial charge in [0.1, 0.15) is 5.82 Å². The molecule has 110 valence electrons. The lowest BCUT2D eigenvalue weighted by Crippen LogP contribution is -2.35. The van der Waals surface area contributed by atoms with Gasteiger partial charge in [-0.25, -0.2) is 4.39 Å². The zero-order chi connectivity index (χ0) is 15.4. The quantitative estimate of drug-likeness (QED) is 0.750. The number of carbonyl (C=O) groups is 1. The van der Waals surface area contributed by atoms with E-state index in [4.69, 9.17) is 0 Å². The third kappa shape index (κ3) is 4.22. The van der Waals surface area contributed by atoms with Crippen LogP contribution in [0.2, 0.25) is 0 Å². The smallest absolute Gasteiger partial charge is 0.179 e. The summed E-state index contributed by atoms with van der Waals surface area (Å²) in [5, 5.41) is 0. The Kier molecular flexibility index (Phi) is 5.26. The van der Waals surface area contributed by atoms with E-state index in [-0.39, 0.29) is 17.6 Å². The Bertz CT molecular complexity index is 627. The highest BCUT2D eigenvalue weighted by molar-refractivity contribution is 9.10. The van der Waals surface area contributed by atoms with Gasteiger partial charge in [0.15, 0.2) is 5.78 Å². The molecular formula is C17H17BrFNO. The fourth-order valence-corrected chi connectivity index (χ4v) is 2.38. The van der Waals surface area contributed by atoms with Crippen LogP contribution in [0.1, 0.15) is 22.8 Å². The molecule has 0 aliphatic carbocycles. The van der Waals surface area contributed by atoms with E-state index < -0.39 is 0 Å². The van der Waals surface area contributed by atoms with Gasteiger partial charge in [-0.3, -0.25) is 9.69 Å². The lowest BCUT2D eigenvalue weighted by atomic mass is 10.0. The third-order valence-corrected chi connectivity index (χ3v) is 4.02. The first kappa shape index (κ1) is 15.9. The number of Topliss-reactive ketones (excluding diaryl/α,β-unsaturated/α-hetero) is 1. The van der Waals surface area contributed by atoms with Crippen LogP contribution in [-0.4, -0.2) is 23.8 Å². The first-order valence-electron chi connectivity index (χ1n) is 6.72. The highest BCUT2D eigenvalue weighted by Crippen LogP contribution is 2.15. The first-order chi connectivity index (χ1) is 9.97. The zero-order valence-corrected chi connectivity index (χ0v) is 13.6. The number of ketones is 1. The molecule has 2 nitrogen and oxygen atoms in total. The predicted octanol–water partition coefficient (Wildman–Crippen LogP) is 4.29. The zero-order valence-electron chi connectivity index (χ0n) is 12.0. The minimum Gasteiger partial charge on any atom is -0.292 e. The van der Waals surface area contributed by atoms with Crippen LogP contribution in [-0.2, 0) is 6.54 Å². The van der Waals surface area contributed by atoms with E-state index in [0.717, 1.165) is 10.0 Å². The standard InChI is InChI=1S/C17H17BrFNO/c1-12(17(21)14-6-8-15(18)9-7-14)20(2)11-13-4-3-5-16(19)10-13/h3-10,12H,11H2,1-2H3. The molecule has 0 aliphatic heterocycles. The van der Waals surface area contributed by atoms with Gasteiger partial charge in [-0.05, 0) is 43.8 Å². The van der Waals surface area contributed by atoms with Crippen molar-refractivity contribution in [3.05, 3.63) is 69.9 Å². The Morgan fingerprint density at radius 3 is 2.52 bits per heavy atom. The summed E-state index contributed by atoms with van der Waals surface area (Å²) < 4.78 is 14.1. The fraction of sp³-hybridized carbons (Fsp3) is 0.235. The summed E-state index contributed by atoms with van der Waals surface area (Å²) >= 11 is 3.35. The molecule has 2 rings (SSSR count). The Morgan fingerprint density at radius 1 is 1.24 bits per heavy atom. The fourth-order valence-electron chi connectivity index (χ4n) is 2.12. The maximum atomic E-state index is 13.2. The summed E-state index contributed by atoms with van der Waals surface area (Å²) in [4.78, 5) is 14.3. The molecule has 1 atom stereocenters. The summed E-state index contributed by atoms with van der Waals surface area (Å²) in [7, 11) is 1.87. The van der Waals surface area contributed by atoms with Gasteiger partial charge in [0.05, 0.1) is 6.04 Å². The summed E-state index contributed by atoms with van der Waals surface area (Å²) in [6, 6.07) is 13.5. The molecule has 0 N–H and O–H groups in total. The molecule has 2 aromatic carbocycles. The minimum atomic E-state index is -0.269. The van der Waals surface area contributed by atoms with Crippen LogP contribution in [0.3, 0.4) is 0 Å². The number of hydrogen-bond donors (Lipinski definition) is 0. The highest BCUT2D eigenvalue weighted by atomic mass is 79.9. The molecule has 0 heterocycles. The molecule has 0 radical (unpaired) electrons. The summed E-state index contributed by atoms with van der Waals surface area (Å²) in [5.41, 5.74) is 1.53. The van der Waals surface area contributed by atoms with Crippen LogP contribution in [0.15, 0.2) is 53.0 Å². The lowest BCUT2D eigenvalue weighted by Gasteiger charge is -2.23. The van der Waals surface area contributed by atoms with E-state index in [1.165, 1.54) is 12.1 Å². The molecule has 0 amide bonds. The van der Waals surface area contributed by atoms with Crippen LogP contribution in [0.25, 0.3) is 0 Å². The summed E-state index contributed by atoms with van der Waals surface area (Å²) in [6.45, 7) is 2.39. The molecular weight excluding hydrogens is 333 g/mol. The summed E-state index contributed by atoms with van der Waals surface area (Å²) in [6.07, 6.45) is 0. The van der Waals surface area contributed by atoms with Crippen LogP contribution in [0.5, 0.6) is 0 Å². The molecule has 2 aromatic rings. The van der Waals surface area contributed by atoms with Gasteiger partial charge in [0.2, 0.25) is 0 Å². The Hall–Kier alpha value is -1.52. The SMILES string of the molecule is CC(C(=O)c1ccc(Br)cc1)N(C)Cc1cccc(F)c1. The van der Waals surface area contributed by atoms with Crippen molar-refractivity contribution in [1.29, 1.82) is 0 Å². The van der Waals surface area contributed by atoms with Crippen molar-refractivity contribution in [3.63, 3.8) is 0 Å². The van der Waals surface area contributed by atoms with E-state index in [2.05, 4.69) is 15.9 Å². The number of hydrogen-bond acceptors (Lipinski definition) is 2. The number of rotatable bonds is 5. The largest absolute Gasteiger partial charge is 0.292 e. The molecule has 0 saturated carbocycles. The molecule has 0 bridgehead atoms. The second-order valence-electron chi connectivity index (χ2n) is 5.09. The van der Waals surface area contributed by atoms with Crippen molar-refractivity contribution < 1.29 is 9.18 Å². The number of benzene rings is 2. The minimum absolute atomic E-state index is 0.0569. The molecule has 0 aromatic heterocycles. The molecule has 0 fully saturated rings. The van der Waals surface area contributed by atoms with Gasteiger partial charge in [-0.15, -0.1) is 0 Å². The van der Waals surface area contributed by atoms with E-state index in [1.54, 1.807) is 18.2 Å². The van der Waals surface area contributed by atoms with Crippen molar-refractivity contribution in [3.8, 4) is 0 Å². The molecule has 1 unspecified atom stereocenters. The van der Waals surface area contributed by atoms with Gasteiger partial charge in [0, 0.05) is 16.6 Å². The van der Waals surface area contributed by atoms with Crippen LogP contribution in [0, 0.1) is 5.82 Å². The average molecular weight is 350 g/mol. The maximum absolute atomic E-state index is 13.2. The number of nitrogens with zero attached hydrogens (tertiary/aromatic N) is 1. The van der Waals surface area contributed by atoms with E-state index in [9.17, 15) is 9.18 Å². The predicted molar refractivity (Wildman–Crippen MR) is 85.8 cm³/mol. The first-order valence-corrected chi connectivity index (χ1v) is 7.51. The average Bonchev–Trinajstić information content (AvgIpc) is 2.46. The number of halogens is 2. The topological polar surface area (TPSA) is 20.3 Å². The highest BCUT2D eigenvalue weighted by Gasteiger charge is 2.19. The number of carbonyl (C=O) groups excluding carboxylic acids is 1. The van der Waals surface area contributed by atoms with Crippen LogP contribution < -0.4 is 0 Å². The van der Waals surface area contributed by atoms with Gasteiger partial charge >= 0.3 is 0 Å².